The van der Waals surface area contributed by atoms with Crippen LogP contribution >= 0.6 is 11.6 Å². The maximum Gasteiger partial charge on any atom is 0.137 e. The summed E-state index contributed by atoms with van der Waals surface area (Å²) in [5.74, 6) is -1.55. The fourth-order valence-corrected chi connectivity index (χ4v) is 4.16. The van der Waals surface area contributed by atoms with Crippen LogP contribution in [0.2, 0.25) is 5.02 Å². The lowest BCUT2D eigenvalue weighted by molar-refractivity contribution is -0.0315. The standard InChI is InChI=1S/C24H26ClF2N7O/c1-17(2)32(11-21-12-33(31-30-21)10-18-4-3-5-19(25)8-18)13-24(35,14-34-16-28-15-29-34)22-7-6-20(26)9-23(22)27/h3-9,12,15-17,35H,10-11,13-14H2,1-2H3. The van der Waals surface area contributed by atoms with Crippen LogP contribution in [0.3, 0.4) is 0 Å². The molecule has 11 heteroatoms. The van der Waals surface area contributed by atoms with Crippen molar-refractivity contribution in [1.29, 1.82) is 0 Å². The van der Waals surface area contributed by atoms with Crippen molar-refractivity contribution in [2.75, 3.05) is 6.54 Å². The van der Waals surface area contributed by atoms with Crippen molar-refractivity contribution < 1.29 is 13.9 Å². The average Bonchev–Trinajstić information content (AvgIpc) is 3.45. The Hall–Kier alpha value is -3.21. The quantitative estimate of drug-likeness (QED) is 0.357. The third-order valence-corrected chi connectivity index (χ3v) is 5.94. The minimum atomic E-state index is -1.72. The molecular weight excluding hydrogens is 476 g/mol. The molecule has 2 aromatic carbocycles. The molecule has 0 aliphatic heterocycles. The van der Waals surface area contributed by atoms with E-state index in [1.165, 1.54) is 23.4 Å². The molecule has 0 saturated carbocycles. The number of halogens is 3. The highest BCUT2D eigenvalue weighted by Gasteiger charge is 2.36. The average molecular weight is 502 g/mol. The highest BCUT2D eigenvalue weighted by Crippen LogP contribution is 2.29. The van der Waals surface area contributed by atoms with Gasteiger partial charge in [-0.15, -0.1) is 5.10 Å². The van der Waals surface area contributed by atoms with Gasteiger partial charge in [0.2, 0.25) is 0 Å². The number of aliphatic hydroxyl groups is 1. The summed E-state index contributed by atoms with van der Waals surface area (Å²) >= 11 is 6.07. The van der Waals surface area contributed by atoms with Gasteiger partial charge in [0.25, 0.3) is 0 Å². The van der Waals surface area contributed by atoms with E-state index in [0.29, 0.717) is 23.8 Å². The van der Waals surface area contributed by atoms with Gasteiger partial charge in [-0.25, -0.2) is 23.1 Å². The minimum Gasteiger partial charge on any atom is -0.382 e. The van der Waals surface area contributed by atoms with Gasteiger partial charge in [-0.1, -0.05) is 35.0 Å². The molecule has 2 heterocycles. The second-order valence-corrected chi connectivity index (χ2v) is 9.22. The SMILES string of the molecule is CC(C)N(Cc1cn(Cc2cccc(Cl)c2)nn1)CC(O)(Cn1cncn1)c1ccc(F)cc1F. The largest absolute Gasteiger partial charge is 0.382 e. The minimum absolute atomic E-state index is 0.0235. The number of nitrogens with zero attached hydrogens (tertiary/aromatic N) is 7. The molecule has 1 unspecified atom stereocenters. The predicted molar refractivity (Wildman–Crippen MR) is 126 cm³/mol. The first-order chi connectivity index (χ1) is 16.7. The van der Waals surface area contributed by atoms with Gasteiger partial charge in [0.15, 0.2) is 0 Å². The van der Waals surface area contributed by atoms with Gasteiger partial charge in [0.05, 0.1) is 25.0 Å². The highest BCUT2D eigenvalue weighted by molar-refractivity contribution is 6.30. The van der Waals surface area contributed by atoms with Crippen LogP contribution in [0.4, 0.5) is 8.78 Å². The highest BCUT2D eigenvalue weighted by atomic mass is 35.5. The summed E-state index contributed by atoms with van der Waals surface area (Å²) in [6.07, 6.45) is 4.60. The van der Waals surface area contributed by atoms with Crippen molar-refractivity contribution in [2.45, 2.75) is 45.1 Å². The van der Waals surface area contributed by atoms with E-state index in [2.05, 4.69) is 20.4 Å². The lowest BCUT2D eigenvalue weighted by Crippen LogP contribution is -2.46. The molecule has 184 valence electrons. The van der Waals surface area contributed by atoms with E-state index in [-0.39, 0.29) is 24.7 Å². The second-order valence-electron chi connectivity index (χ2n) is 8.78. The van der Waals surface area contributed by atoms with Gasteiger partial charge in [-0.2, -0.15) is 5.10 Å². The Labute approximate surface area is 206 Å². The molecule has 1 N–H and O–H groups in total. The summed E-state index contributed by atoms with van der Waals surface area (Å²) < 4.78 is 31.5. The van der Waals surface area contributed by atoms with E-state index < -0.39 is 17.2 Å². The lowest BCUT2D eigenvalue weighted by atomic mass is 9.91. The summed E-state index contributed by atoms with van der Waals surface area (Å²) in [6.45, 7) is 4.76. The number of aromatic nitrogens is 6. The zero-order valence-electron chi connectivity index (χ0n) is 19.4. The molecule has 35 heavy (non-hydrogen) atoms. The predicted octanol–water partition coefficient (Wildman–Crippen LogP) is 3.65. The van der Waals surface area contributed by atoms with Crippen LogP contribution < -0.4 is 0 Å². The number of hydrogen-bond donors (Lipinski definition) is 1. The van der Waals surface area contributed by atoms with Crippen LogP contribution in [0.5, 0.6) is 0 Å². The molecule has 0 amide bonds. The molecule has 0 aliphatic rings. The Bertz CT molecular complexity index is 1260. The molecule has 0 saturated heterocycles. The van der Waals surface area contributed by atoms with Crippen LogP contribution in [0.15, 0.2) is 61.3 Å². The Kier molecular flexibility index (Phi) is 7.54. The van der Waals surface area contributed by atoms with Gasteiger partial charge >= 0.3 is 0 Å². The van der Waals surface area contributed by atoms with Crippen LogP contribution in [-0.2, 0) is 25.2 Å². The summed E-state index contributed by atoms with van der Waals surface area (Å²) in [7, 11) is 0. The van der Waals surface area contributed by atoms with E-state index in [1.807, 2.05) is 49.2 Å². The third kappa shape index (κ3) is 6.27. The first-order valence-electron chi connectivity index (χ1n) is 11.1. The number of rotatable bonds is 10. The molecular formula is C24H26ClF2N7O. The van der Waals surface area contributed by atoms with Crippen molar-refractivity contribution in [3.63, 3.8) is 0 Å². The molecule has 2 aromatic heterocycles. The fraction of sp³-hybridized carbons (Fsp3) is 0.333. The molecule has 8 nitrogen and oxygen atoms in total. The Morgan fingerprint density at radius 1 is 1.14 bits per heavy atom. The first-order valence-corrected chi connectivity index (χ1v) is 11.5. The van der Waals surface area contributed by atoms with E-state index in [0.717, 1.165) is 17.7 Å². The van der Waals surface area contributed by atoms with Crippen LogP contribution in [0.1, 0.15) is 30.7 Å². The van der Waals surface area contributed by atoms with E-state index in [9.17, 15) is 13.9 Å². The topological polar surface area (TPSA) is 84.9 Å². The first kappa shape index (κ1) is 24.9. The van der Waals surface area contributed by atoms with Gasteiger partial charge in [0, 0.05) is 35.8 Å². The molecule has 0 spiro atoms. The molecule has 0 fully saturated rings. The van der Waals surface area contributed by atoms with Crippen molar-refractivity contribution in [3.05, 3.63) is 94.8 Å². The Balaban J connectivity index is 1.56. The van der Waals surface area contributed by atoms with Gasteiger partial charge < -0.3 is 5.11 Å². The van der Waals surface area contributed by atoms with E-state index in [4.69, 9.17) is 11.6 Å². The Morgan fingerprint density at radius 2 is 1.97 bits per heavy atom. The van der Waals surface area contributed by atoms with E-state index >= 15 is 0 Å². The third-order valence-electron chi connectivity index (χ3n) is 5.70. The van der Waals surface area contributed by atoms with Gasteiger partial charge in [0.1, 0.15) is 29.9 Å². The summed E-state index contributed by atoms with van der Waals surface area (Å²) in [5.41, 5.74) is -0.0660. The van der Waals surface area contributed by atoms with Crippen molar-refractivity contribution >= 4 is 11.6 Å². The molecule has 0 aliphatic carbocycles. The maximum atomic E-state index is 14.8. The zero-order valence-corrected chi connectivity index (χ0v) is 20.1. The summed E-state index contributed by atoms with van der Waals surface area (Å²) in [4.78, 5) is 5.86. The maximum absolute atomic E-state index is 14.8. The smallest absolute Gasteiger partial charge is 0.137 e. The van der Waals surface area contributed by atoms with Crippen molar-refractivity contribution in [3.8, 4) is 0 Å². The fourth-order valence-electron chi connectivity index (χ4n) is 3.95. The van der Waals surface area contributed by atoms with Crippen LogP contribution in [0.25, 0.3) is 0 Å². The molecule has 4 rings (SSSR count). The lowest BCUT2D eigenvalue weighted by Gasteiger charge is -2.36. The summed E-state index contributed by atoms with van der Waals surface area (Å²) in [5, 5.41) is 24.9. The molecule has 1 atom stereocenters. The number of benzene rings is 2. The van der Waals surface area contributed by atoms with Gasteiger partial charge in [-0.3, -0.25) is 4.90 Å². The Morgan fingerprint density at radius 3 is 2.66 bits per heavy atom. The van der Waals surface area contributed by atoms with Crippen LogP contribution in [-0.4, -0.2) is 52.4 Å². The second kappa shape index (κ2) is 10.6. The van der Waals surface area contributed by atoms with Crippen molar-refractivity contribution in [1.82, 2.24) is 34.7 Å². The number of hydrogen-bond acceptors (Lipinski definition) is 6. The van der Waals surface area contributed by atoms with Crippen LogP contribution in [0, 0.1) is 11.6 Å². The van der Waals surface area contributed by atoms with Gasteiger partial charge in [-0.05, 0) is 37.6 Å². The van der Waals surface area contributed by atoms with E-state index in [1.54, 1.807) is 4.68 Å². The summed E-state index contributed by atoms with van der Waals surface area (Å²) in [6, 6.07) is 10.6. The molecule has 4 aromatic rings. The normalized spacial score (nSPS) is 13.5. The molecule has 0 bridgehead atoms. The zero-order chi connectivity index (χ0) is 25.0. The van der Waals surface area contributed by atoms with Crippen molar-refractivity contribution in [2.24, 2.45) is 0 Å². The monoisotopic (exact) mass is 501 g/mol. The molecule has 0 radical (unpaired) electrons.